The highest BCUT2D eigenvalue weighted by molar-refractivity contribution is 9.10. The summed E-state index contributed by atoms with van der Waals surface area (Å²) in [6.07, 6.45) is 0. The second-order valence-electron chi connectivity index (χ2n) is 4.33. The zero-order chi connectivity index (χ0) is 14.1. The van der Waals surface area contributed by atoms with Gasteiger partial charge in [0.1, 0.15) is 0 Å². The van der Waals surface area contributed by atoms with Gasteiger partial charge in [-0.3, -0.25) is 4.79 Å². The fourth-order valence-electron chi connectivity index (χ4n) is 1.93. The predicted octanol–water partition coefficient (Wildman–Crippen LogP) is 5.20. The Balaban J connectivity index is 1.87. The van der Waals surface area contributed by atoms with E-state index in [2.05, 4.69) is 33.9 Å². The van der Waals surface area contributed by atoms with Crippen LogP contribution < -0.4 is 5.32 Å². The number of hydrogen-bond donors (Lipinski definition) is 2. The van der Waals surface area contributed by atoms with Crippen LogP contribution in [0.2, 0.25) is 0 Å². The molecule has 0 aliphatic heterocycles. The molecule has 2 aromatic carbocycles. The van der Waals surface area contributed by atoms with Crippen LogP contribution in [0.5, 0.6) is 0 Å². The monoisotopic (exact) mass is 363 g/mol. The molecule has 0 unspecified atom stereocenters. The number of thiol groups is 1. The number of nitrogens with one attached hydrogen (secondary N) is 1. The Bertz CT molecular complexity index is 797. The molecule has 0 radical (unpaired) electrons. The van der Waals surface area contributed by atoms with Crippen molar-refractivity contribution in [1.82, 2.24) is 0 Å². The van der Waals surface area contributed by atoms with E-state index in [1.54, 1.807) is 6.07 Å². The van der Waals surface area contributed by atoms with Crippen LogP contribution in [0.15, 0.2) is 57.2 Å². The molecule has 0 bridgehead atoms. The second-order valence-corrected chi connectivity index (χ2v) is 6.67. The largest absolute Gasteiger partial charge is 0.321 e. The van der Waals surface area contributed by atoms with Gasteiger partial charge in [0.25, 0.3) is 5.91 Å². The first-order chi connectivity index (χ1) is 9.61. The minimum Gasteiger partial charge on any atom is -0.321 e. The predicted molar refractivity (Wildman–Crippen MR) is 91.2 cm³/mol. The average molecular weight is 364 g/mol. The number of benzene rings is 2. The molecule has 0 atom stereocenters. The van der Waals surface area contributed by atoms with Gasteiger partial charge in [-0.25, -0.2) is 0 Å². The molecule has 0 saturated heterocycles. The SMILES string of the molecule is O=C(Nc1ccc2cc(Br)ccc2c1)c1cc(S)cs1. The van der Waals surface area contributed by atoms with E-state index in [9.17, 15) is 4.79 Å². The molecule has 1 N–H and O–H groups in total. The van der Waals surface area contributed by atoms with Crippen molar-refractivity contribution in [2.75, 3.05) is 5.32 Å². The molecule has 1 amide bonds. The molecular weight excluding hydrogens is 354 g/mol. The number of halogens is 1. The van der Waals surface area contributed by atoms with Crippen LogP contribution in [0.25, 0.3) is 10.8 Å². The summed E-state index contributed by atoms with van der Waals surface area (Å²) >= 11 is 9.05. The number of amides is 1. The van der Waals surface area contributed by atoms with E-state index in [-0.39, 0.29) is 5.91 Å². The minimum absolute atomic E-state index is 0.105. The van der Waals surface area contributed by atoms with Crippen LogP contribution in [-0.4, -0.2) is 5.91 Å². The van der Waals surface area contributed by atoms with Crippen molar-refractivity contribution in [3.05, 3.63) is 57.2 Å². The van der Waals surface area contributed by atoms with Crippen LogP contribution in [0, 0.1) is 0 Å². The fraction of sp³-hybridized carbons (Fsp3) is 0. The molecule has 0 spiro atoms. The summed E-state index contributed by atoms with van der Waals surface area (Å²) in [5.74, 6) is -0.105. The van der Waals surface area contributed by atoms with Crippen molar-refractivity contribution in [3.63, 3.8) is 0 Å². The van der Waals surface area contributed by atoms with Gasteiger partial charge in [0.05, 0.1) is 4.88 Å². The van der Waals surface area contributed by atoms with Crippen molar-refractivity contribution in [1.29, 1.82) is 0 Å². The smallest absolute Gasteiger partial charge is 0.265 e. The molecule has 2 nitrogen and oxygen atoms in total. The maximum atomic E-state index is 12.1. The quantitative estimate of drug-likeness (QED) is 0.601. The number of fused-ring (bicyclic) bond motifs is 1. The molecule has 1 heterocycles. The van der Waals surface area contributed by atoms with E-state index in [0.29, 0.717) is 4.88 Å². The second kappa shape index (κ2) is 5.60. The Morgan fingerprint density at radius 1 is 1.10 bits per heavy atom. The van der Waals surface area contributed by atoms with Gasteiger partial charge in [0.15, 0.2) is 0 Å². The Morgan fingerprint density at radius 2 is 1.85 bits per heavy atom. The van der Waals surface area contributed by atoms with Gasteiger partial charge >= 0.3 is 0 Å². The van der Waals surface area contributed by atoms with E-state index >= 15 is 0 Å². The fourth-order valence-corrected chi connectivity index (χ4v) is 3.35. The van der Waals surface area contributed by atoms with Crippen molar-refractivity contribution in [2.45, 2.75) is 4.90 Å². The molecule has 1 aromatic heterocycles. The number of carbonyl (C=O) groups excluding carboxylic acids is 1. The third-order valence-corrected chi connectivity index (χ3v) is 4.72. The lowest BCUT2D eigenvalue weighted by molar-refractivity contribution is 0.103. The topological polar surface area (TPSA) is 29.1 Å². The molecule has 5 heteroatoms. The molecule has 20 heavy (non-hydrogen) atoms. The zero-order valence-electron chi connectivity index (χ0n) is 10.3. The van der Waals surface area contributed by atoms with E-state index in [1.165, 1.54) is 11.3 Å². The minimum atomic E-state index is -0.105. The lowest BCUT2D eigenvalue weighted by Crippen LogP contribution is -2.09. The average Bonchev–Trinajstić information content (AvgIpc) is 2.86. The Labute approximate surface area is 134 Å². The van der Waals surface area contributed by atoms with Gasteiger partial charge < -0.3 is 5.32 Å². The van der Waals surface area contributed by atoms with Gasteiger partial charge in [-0.05, 0) is 41.1 Å². The summed E-state index contributed by atoms with van der Waals surface area (Å²) in [6, 6.07) is 13.7. The summed E-state index contributed by atoms with van der Waals surface area (Å²) < 4.78 is 1.04. The van der Waals surface area contributed by atoms with Crippen molar-refractivity contribution >= 4 is 62.3 Å². The van der Waals surface area contributed by atoms with Crippen LogP contribution >= 0.6 is 39.9 Å². The number of rotatable bonds is 2. The third-order valence-electron chi connectivity index (χ3n) is 2.87. The first-order valence-corrected chi connectivity index (χ1v) is 8.02. The van der Waals surface area contributed by atoms with Crippen LogP contribution in [0.3, 0.4) is 0 Å². The number of hydrogen-bond acceptors (Lipinski definition) is 3. The molecule has 0 saturated carbocycles. The molecule has 0 aliphatic rings. The van der Waals surface area contributed by atoms with Crippen LogP contribution in [0.4, 0.5) is 5.69 Å². The van der Waals surface area contributed by atoms with Gasteiger partial charge in [-0.2, -0.15) is 0 Å². The molecule has 0 fully saturated rings. The van der Waals surface area contributed by atoms with E-state index < -0.39 is 0 Å². The van der Waals surface area contributed by atoms with Crippen molar-refractivity contribution in [3.8, 4) is 0 Å². The first kappa shape index (κ1) is 13.7. The lowest BCUT2D eigenvalue weighted by atomic mass is 10.1. The van der Waals surface area contributed by atoms with Gasteiger partial charge in [-0.1, -0.05) is 28.1 Å². The summed E-state index contributed by atoms with van der Waals surface area (Å²) in [5.41, 5.74) is 0.791. The third kappa shape index (κ3) is 2.90. The van der Waals surface area contributed by atoms with Gasteiger partial charge in [0.2, 0.25) is 0 Å². The highest BCUT2D eigenvalue weighted by atomic mass is 79.9. The van der Waals surface area contributed by atoms with E-state index in [1.807, 2.05) is 41.8 Å². The normalized spacial score (nSPS) is 10.7. The van der Waals surface area contributed by atoms with E-state index in [4.69, 9.17) is 0 Å². The van der Waals surface area contributed by atoms with Crippen LogP contribution in [-0.2, 0) is 0 Å². The molecule has 3 rings (SSSR count). The van der Waals surface area contributed by atoms with E-state index in [0.717, 1.165) is 25.8 Å². The maximum Gasteiger partial charge on any atom is 0.265 e. The van der Waals surface area contributed by atoms with Gasteiger partial charge in [0, 0.05) is 20.4 Å². The highest BCUT2D eigenvalue weighted by Crippen LogP contribution is 2.24. The number of anilines is 1. The Hall–Kier alpha value is -1.30. The maximum absolute atomic E-state index is 12.1. The first-order valence-electron chi connectivity index (χ1n) is 5.90. The summed E-state index contributed by atoms with van der Waals surface area (Å²) in [4.78, 5) is 13.5. The van der Waals surface area contributed by atoms with Crippen LogP contribution in [0.1, 0.15) is 9.67 Å². The van der Waals surface area contributed by atoms with Gasteiger partial charge in [-0.15, -0.1) is 24.0 Å². The highest BCUT2D eigenvalue weighted by Gasteiger charge is 2.08. The summed E-state index contributed by atoms with van der Waals surface area (Å²) in [7, 11) is 0. The molecule has 0 aliphatic carbocycles. The number of thiophene rings is 1. The zero-order valence-corrected chi connectivity index (χ0v) is 13.6. The van der Waals surface area contributed by atoms with Crippen molar-refractivity contribution < 1.29 is 4.79 Å². The molecular formula is C15H10BrNOS2. The lowest BCUT2D eigenvalue weighted by Gasteiger charge is -2.05. The van der Waals surface area contributed by atoms with Crippen molar-refractivity contribution in [2.24, 2.45) is 0 Å². The summed E-state index contributed by atoms with van der Waals surface area (Å²) in [5, 5.41) is 6.97. The molecule has 3 aromatic rings. The number of carbonyl (C=O) groups is 1. The Kier molecular flexibility index (Phi) is 3.83. The Morgan fingerprint density at radius 3 is 2.60 bits per heavy atom. The summed E-state index contributed by atoms with van der Waals surface area (Å²) in [6.45, 7) is 0. The molecule has 100 valence electrons. The standard InChI is InChI=1S/C15H10BrNOS2/c16-11-3-1-10-6-12(4-2-9(10)5-11)17-15(18)14-7-13(19)8-20-14/h1-8,19H,(H,17,18).